The summed E-state index contributed by atoms with van der Waals surface area (Å²) in [5.41, 5.74) is 3.22. The van der Waals surface area contributed by atoms with E-state index in [-0.39, 0.29) is 5.75 Å². The number of nitrogens with zero attached hydrogens (tertiary/aromatic N) is 3. The summed E-state index contributed by atoms with van der Waals surface area (Å²) in [7, 11) is 0. The highest BCUT2D eigenvalue weighted by atomic mass is 16.3. The Morgan fingerprint density at radius 1 is 1.15 bits per heavy atom. The molecule has 0 saturated heterocycles. The van der Waals surface area contributed by atoms with Crippen LogP contribution in [0.4, 0.5) is 11.4 Å². The van der Waals surface area contributed by atoms with Crippen molar-refractivity contribution in [3.8, 4) is 11.8 Å². The molecule has 0 aliphatic rings. The molecule has 2 aromatic rings. The molecule has 0 saturated carbocycles. The van der Waals surface area contributed by atoms with Gasteiger partial charge in [0, 0.05) is 0 Å². The molecule has 4 heteroatoms. The van der Waals surface area contributed by atoms with E-state index in [1.54, 1.807) is 42.5 Å². The molecule has 20 heavy (non-hydrogen) atoms. The summed E-state index contributed by atoms with van der Waals surface area (Å²) in [6.07, 6.45) is 0. The first-order chi connectivity index (χ1) is 9.60. The summed E-state index contributed by atoms with van der Waals surface area (Å²) < 4.78 is 0. The number of hydrogen-bond donors (Lipinski definition) is 1. The molecule has 0 fully saturated rings. The van der Waals surface area contributed by atoms with Crippen molar-refractivity contribution < 1.29 is 5.11 Å². The van der Waals surface area contributed by atoms with Crippen molar-refractivity contribution in [2.45, 2.75) is 6.92 Å². The van der Waals surface area contributed by atoms with Gasteiger partial charge in [-0.2, -0.15) is 10.4 Å². The smallest absolute Gasteiger partial charge is 0.143 e. The Bertz CT molecular complexity index is 709. The third-order valence-corrected chi connectivity index (χ3v) is 2.75. The van der Waals surface area contributed by atoms with Crippen molar-refractivity contribution in [2.24, 2.45) is 10.2 Å². The molecule has 98 valence electrons. The molecule has 0 bridgehead atoms. The van der Waals surface area contributed by atoms with E-state index in [4.69, 9.17) is 5.26 Å². The number of nitriles is 1. The number of phenolic OH excluding ortho intramolecular Hbond substituents is 1. The Labute approximate surface area is 117 Å². The van der Waals surface area contributed by atoms with Crippen LogP contribution >= 0.6 is 0 Å². The van der Waals surface area contributed by atoms with Crippen molar-refractivity contribution in [3.63, 3.8) is 0 Å². The lowest BCUT2D eigenvalue weighted by Gasteiger charge is -2.00. The third-order valence-electron chi connectivity index (χ3n) is 2.75. The van der Waals surface area contributed by atoms with Gasteiger partial charge in [0.2, 0.25) is 0 Å². The Balaban J connectivity index is 2.22. The van der Waals surface area contributed by atoms with Crippen LogP contribution in [0.25, 0.3) is 5.57 Å². The topological polar surface area (TPSA) is 68.7 Å². The average Bonchev–Trinajstić information content (AvgIpc) is 2.48. The zero-order valence-electron chi connectivity index (χ0n) is 11.0. The maximum absolute atomic E-state index is 9.66. The maximum atomic E-state index is 9.66. The molecule has 0 spiro atoms. The number of azo groups is 1. The molecular weight excluding hydrogens is 250 g/mol. The fourth-order valence-corrected chi connectivity index (χ4v) is 1.62. The highest BCUT2D eigenvalue weighted by Gasteiger charge is 2.00. The fraction of sp³-hybridized carbons (Fsp3) is 0.0625. The normalized spacial score (nSPS) is 10.4. The average molecular weight is 263 g/mol. The lowest BCUT2D eigenvalue weighted by molar-refractivity contribution is 0.476. The zero-order valence-corrected chi connectivity index (χ0v) is 11.0. The van der Waals surface area contributed by atoms with Crippen LogP contribution in [-0.2, 0) is 0 Å². The van der Waals surface area contributed by atoms with Crippen LogP contribution in [-0.4, -0.2) is 5.11 Å². The molecular formula is C16H13N3O. The number of allylic oxidation sites excluding steroid dienone is 1. The molecule has 2 rings (SSSR count). The van der Waals surface area contributed by atoms with E-state index in [1.165, 1.54) is 0 Å². The SMILES string of the molecule is C=C(C#N)c1ccc(N=Nc2cc(C)ccc2O)cc1. The lowest BCUT2D eigenvalue weighted by Crippen LogP contribution is -1.77. The molecule has 1 N–H and O–H groups in total. The minimum absolute atomic E-state index is 0.0915. The van der Waals surface area contributed by atoms with E-state index in [0.29, 0.717) is 16.9 Å². The number of rotatable bonds is 3. The Morgan fingerprint density at radius 3 is 2.50 bits per heavy atom. The van der Waals surface area contributed by atoms with E-state index in [2.05, 4.69) is 16.8 Å². The summed E-state index contributed by atoms with van der Waals surface area (Å²) in [4.78, 5) is 0. The second kappa shape index (κ2) is 5.81. The van der Waals surface area contributed by atoms with Crippen molar-refractivity contribution in [1.29, 1.82) is 5.26 Å². The first-order valence-corrected chi connectivity index (χ1v) is 6.01. The number of hydrogen-bond acceptors (Lipinski definition) is 4. The summed E-state index contributed by atoms with van der Waals surface area (Å²) in [5, 5.41) is 26.5. The number of phenols is 1. The largest absolute Gasteiger partial charge is 0.506 e. The molecule has 0 radical (unpaired) electrons. The van der Waals surface area contributed by atoms with Gasteiger partial charge >= 0.3 is 0 Å². The minimum Gasteiger partial charge on any atom is -0.506 e. The van der Waals surface area contributed by atoms with Crippen molar-refractivity contribution in [2.75, 3.05) is 0 Å². The summed E-state index contributed by atoms with van der Waals surface area (Å²) in [6, 6.07) is 14.1. The highest BCUT2D eigenvalue weighted by molar-refractivity contribution is 5.75. The summed E-state index contributed by atoms with van der Waals surface area (Å²) >= 11 is 0. The van der Waals surface area contributed by atoms with E-state index in [9.17, 15) is 5.11 Å². The molecule has 0 aromatic heterocycles. The summed E-state index contributed by atoms with van der Waals surface area (Å²) in [6.45, 7) is 5.56. The molecule has 0 aliphatic carbocycles. The Kier molecular flexibility index (Phi) is 3.92. The number of benzene rings is 2. The van der Waals surface area contributed by atoms with Crippen LogP contribution in [0.3, 0.4) is 0 Å². The van der Waals surface area contributed by atoms with Gasteiger partial charge in [-0.3, -0.25) is 0 Å². The molecule has 0 amide bonds. The second-order valence-corrected chi connectivity index (χ2v) is 4.33. The summed E-state index contributed by atoms with van der Waals surface area (Å²) in [5.74, 6) is 0.0915. The number of aryl methyl sites for hydroxylation is 1. The van der Waals surface area contributed by atoms with E-state index < -0.39 is 0 Å². The van der Waals surface area contributed by atoms with E-state index >= 15 is 0 Å². The predicted octanol–water partition coefficient (Wildman–Crippen LogP) is 4.65. The molecule has 0 atom stereocenters. The first kappa shape index (κ1) is 13.5. The van der Waals surface area contributed by atoms with Gasteiger partial charge in [-0.05, 0) is 42.3 Å². The molecule has 0 aliphatic heterocycles. The van der Waals surface area contributed by atoms with Gasteiger partial charge in [0.25, 0.3) is 0 Å². The predicted molar refractivity (Wildman–Crippen MR) is 78.1 cm³/mol. The number of aromatic hydroxyl groups is 1. The van der Waals surface area contributed by atoms with Crippen LogP contribution in [0, 0.1) is 18.3 Å². The van der Waals surface area contributed by atoms with E-state index in [0.717, 1.165) is 11.1 Å². The first-order valence-electron chi connectivity index (χ1n) is 6.01. The maximum Gasteiger partial charge on any atom is 0.143 e. The Hall–Kier alpha value is -2.93. The van der Waals surface area contributed by atoms with Crippen LogP contribution in [0.5, 0.6) is 5.75 Å². The molecule has 2 aromatic carbocycles. The van der Waals surface area contributed by atoms with Gasteiger partial charge in [-0.1, -0.05) is 24.8 Å². The highest BCUT2D eigenvalue weighted by Crippen LogP contribution is 2.29. The van der Waals surface area contributed by atoms with Crippen molar-refractivity contribution in [3.05, 3.63) is 60.2 Å². The van der Waals surface area contributed by atoms with Gasteiger partial charge in [-0.15, -0.1) is 5.11 Å². The van der Waals surface area contributed by atoms with Crippen LogP contribution in [0.1, 0.15) is 11.1 Å². The van der Waals surface area contributed by atoms with Crippen LogP contribution in [0.2, 0.25) is 0 Å². The lowest BCUT2D eigenvalue weighted by atomic mass is 10.1. The van der Waals surface area contributed by atoms with Crippen molar-refractivity contribution in [1.82, 2.24) is 0 Å². The van der Waals surface area contributed by atoms with Gasteiger partial charge in [-0.25, -0.2) is 0 Å². The van der Waals surface area contributed by atoms with Gasteiger partial charge in [0.1, 0.15) is 11.4 Å². The molecule has 0 heterocycles. The van der Waals surface area contributed by atoms with Gasteiger partial charge in [0.15, 0.2) is 0 Å². The monoisotopic (exact) mass is 263 g/mol. The second-order valence-electron chi connectivity index (χ2n) is 4.33. The standard InChI is InChI=1S/C16H13N3O/c1-11-3-8-16(20)15(9-11)19-18-14-6-4-13(5-7-14)12(2)10-17/h3-9,20H,2H2,1H3. The molecule has 4 nitrogen and oxygen atoms in total. The third kappa shape index (κ3) is 3.09. The quantitative estimate of drug-likeness (QED) is 0.646. The molecule has 0 unspecified atom stereocenters. The van der Waals surface area contributed by atoms with Crippen molar-refractivity contribution >= 4 is 16.9 Å². The van der Waals surface area contributed by atoms with Gasteiger partial charge in [0.05, 0.1) is 17.3 Å². The van der Waals surface area contributed by atoms with Crippen LogP contribution < -0.4 is 0 Å². The zero-order chi connectivity index (χ0) is 14.5. The van der Waals surface area contributed by atoms with Gasteiger partial charge < -0.3 is 5.11 Å². The van der Waals surface area contributed by atoms with Crippen LogP contribution in [0.15, 0.2) is 59.3 Å². The Morgan fingerprint density at radius 2 is 1.85 bits per heavy atom. The minimum atomic E-state index is 0.0915. The van der Waals surface area contributed by atoms with E-state index in [1.807, 2.05) is 13.0 Å². The fourth-order valence-electron chi connectivity index (χ4n) is 1.62.